The lowest BCUT2D eigenvalue weighted by Gasteiger charge is -2.38. The lowest BCUT2D eigenvalue weighted by molar-refractivity contribution is -0.152. The predicted molar refractivity (Wildman–Crippen MR) is 489 cm³/mol. The molecule has 17 N–H and O–H groups in total. The van der Waals surface area contributed by atoms with Crippen LogP contribution >= 0.6 is 11.8 Å². The highest BCUT2D eigenvalue weighted by molar-refractivity contribution is 8.00. The first-order valence-electron chi connectivity index (χ1n) is 44.8. The lowest BCUT2D eigenvalue weighted by Crippen LogP contribution is -2.62. The van der Waals surface area contributed by atoms with E-state index in [1.807, 2.05) is 6.92 Å². The molecule has 5 aromatic carbocycles. The highest BCUT2D eigenvalue weighted by Crippen LogP contribution is 2.29. The van der Waals surface area contributed by atoms with Crippen molar-refractivity contribution in [3.8, 4) is 5.75 Å². The van der Waals surface area contributed by atoms with Crippen LogP contribution in [0.15, 0.2) is 121 Å². The summed E-state index contributed by atoms with van der Waals surface area (Å²) in [6.45, 7) is 8.75. The van der Waals surface area contributed by atoms with Crippen LogP contribution in [-0.4, -0.2) is 283 Å². The van der Waals surface area contributed by atoms with E-state index in [1.54, 1.807) is 120 Å². The third kappa shape index (κ3) is 28.8. The minimum Gasteiger partial charge on any atom is -0.508 e. The van der Waals surface area contributed by atoms with Gasteiger partial charge in [0.15, 0.2) is 17.5 Å². The molecule has 3 fully saturated rings. The van der Waals surface area contributed by atoms with Crippen molar-refractivity contribution in [3.63, 3.8) is 0 Å². The maximum Gasteiger partial charge on any atom is 0.305 e. The maximum absolute atomic E-state index is 15.7. The molecule has 3 aliphatic rings. The molecule has 0 aliphatic carbocycles. The number of amides is 15. The van der Waals surface area contributed by atoms with Crippen LogP contribution in [0.5, 0.6) is 5.75 Å². The average Bonchev–Trinajstić information content (AvgIpc) is 1.53. The molecule has 36 nitrogen and oxygen atoms in total. The smallest absolute Gasteiger partial charge is 0.305 e. The number of halogens is 3. The molecule has 134 heavy (non-hydrogen) atoms. The monoisotopic (exact) mass is 1880 g/mol. The van der Waals surface area contributed by atoms with E-state index in [0.717, 1.165) is 25.2 Å². The Bertz CT molecular complexity index is 5190. The summed E-state index contributed by atoms with van der Waals surface area (Å²) in [6, 6.07) is 7.78. The largest absolute Gasteiger partial charge is 0.508 e. The second-order valence-electron chi connectivity index (χ2n) is 35.1. The molecule has 15 amide bonds. The predicted octanol–water partition coefficient (Wildman–Crippen LogP) is 1.88. The Morgan fingerprint density at radius 3 is 1.76 bits per heavy atom. The number of aliphatic carboxylic acids is 1. The molecule has 2 unspecified atom stereocenters. The van der Waals surface area contributed by atoms with Gasteiger partial charge in [-0.25, -0.2) is 13.2 Å². The van der Waals surface area contributed by atoms with Gasteiger partial charge in [-0.1, -0.05) is 138 Å². The van der Waals surface area contributed by atoms with Crippen LogP contribution in [0.1, 0.15) is 132 Å². The van der Waals surface area contributed by atoms with Crippen LogP contribution in [0, 0.1) is 36.2 Å². The number of benzene rings is 5. The number of carbonyl (C=O) groups is 16. The van der Waals surface area contributed by atoms with Gasteiger partial charge in [-0.2, -0.15) is 0 Å². The van der Waals surface area contributed by atoms with E-state index in [1.165, 1.54) is 50.3 Å². The van der Waals surface area contributed by atoms with Crippen molar-refractivity contribution < 1.29 is 105 Å². The molecule has 0 radical (unpaired) electrons. The number of carboxylic acids is 1. The number of nitrogens with two attached hydrogens (primary N) is 2. The number of aromatic amines is 1. The normalized spacial score (nSPS) is 24.1. The number of para-hydroxylation sites is 1. The van der Waals surface area contributed by atoms with Crippen LogP contribution in [0.4, 0.5) is 13.2 Å². The molecule has 1 aromatic heterocycles. The fraction of sp³-hybridized carbons (Fsp3) is 0.489. The zero-order chi connectivity index (χ0) is 98.1. The van der Waals surface area contributed by atoms with E-state index < -0.39 is 252 Å². The quantitative estimate of drug-likeness (QED) is 0.0385. The SMILES string of the molecule is CCCC[C@H]1C(=O)N2C[C@@H](O)C[C@@H]2C(=O)N[C@@H](CC(=O)O)C(=O)N[C@@H](C(C)C)C(=O)N(C)C(Cc2ccc(C)cc2)C(=O)N[C@@H](CCCN)C(=O)N2CCC[C@@H]2C(=O)N[C@@H](Cc2c[nH]c3ccccc23)C(=O)N[C@@H](Cc2ccc(O)cc2)C(=O)N[C@@H](CC(C)C)C(=O)N[C@H](C(=O)NCC(N)=O)CSCC(=O)N[C@@H](Cc2cc(F)c(F)c(F)c2)C(=O)N(C)C(Cc2ccccc2)C(=O)N1C. The number of unbranched alkanes of at least 4 members (excludes halogenated alkanes) is 1. The first-order valence-corrected chi connectivity index (χ1v) is 45.9. The van der Waals surface area contributed by atoms with E-state index in [0.29, 0.717) is 63.5 Å². The van der Waals surface area contributed by atoms with Gasteiger partial charge in [-0.3, -0.25) is 76.7 Å². The molecule has 0 spiro atoms. The summed E-state index contributed by atoms with van der Waals surface area (Å²) in [7, 11) is 3.69. The maximum atomic E-state index is 15.7. The number of aryl methyl sites for hydroxylation is 1. The Labute approximate surface area is 778 Å². The molecule has 4 heterocycles. The standard InChI is InChI=1S/C94H122F3N17O19S/c1-10-11-24-73-93(132)114-48-60(116)44-75(114)89(128)107-69(45-79(119)120)86(125)109-81(52(4)5)94(133)111(8)74(41-56-28-26-53(6)27-29-56)88(127)103-65(23-17-34-98)91(130)113-35-18-25-72(113)87(126)106-68(43-58-46-100-64-22-16-15-21-61(58)64)85(124)105-67(39-55-30-32-59(115)33-31-55)84(123)104-66(36-51(2)3)83(122)108-71(82(121)101-47-77(99)117)49-134-50-78(118)102-70(40-57-37-62(95)80(97)63(96)38-57)90(129)112(9)76(92(131)110(73)7)42-54-19-13-12-14-20-54/h12-16,19-22,26-33,37-38,46,51-52,60,65-76,81,100,115-116H,10-11,17-18,23-25,34-36,39-45,47-50,98H2,1-9H3,(H2,99,117)(H,101,121)(H,102,118)(H,103,127)(H,104,123)(H,105,124)(H,106,126)(H,107,128)(H,108,122)(H,109,125)(H,119,120)/t60-,65-,66-,67-,68-,69-,70-,71-,72+,73-,74?,75+,76?,81-/m0/s1. The molecule has 3 saturated heterocycles. The van der Waals surface area contributed by atoms with Crippen LogP contribution in [0.25, 0.3) is 10.9 Å². The summed E-state index contributed by atoms with van der Waals surface area (Å²) in [5, 5.41) is 56.5. The number of H-pyrrole nitrogens is 1. The average molecular weight is 1880 g/mol. The summed E-state index contributed by atoms with van der Waals surface area (Å²) < 4.78 is 45.1. The van der Waals surface area contributed by atoms with Crippen LogP contribution in [0.2, 0.25) is 0 Å². The zero-order valence-electron chi connectivity index (χ0n) is 76.4. The number of primary amides is 1. The first-order chi connectivity index (χ1) is 63.6. The van der Waals surface area contributed by atoms with Crippen molar-refractivity contribution in [3.05, 3.63) is 172 Å². The van der Waals surface area contributed by atoms with E-state index in [4.69, 9.17) is 11.5 Å². The number of aliphatic hydroxyl groups is 1. The number of aromatic hydroxyl groups is 1. The molecule has 0 saturated carbocycles. The number of carbonyl (C=O) groups excluding carboxylic acids is 15. The molecule has 3 aliphatic heterocycles. The van der Waals surface area contributed by atoms with E-state index >= 15 is 56.7 Å². The van der Waals surface area contributed by atoms with Crippen LogP contribution < -0.4 is 59.3 Å². The minimum absolute atomic E-state index is 0.0125. The Morgan fingerprint density at radius 1 is 0.560 bits per heavy atom. The summed E-state index contributed by atoms with van der Waals surface area (Å²) >= 11 is 0.667. The first kappa shape index (κ1) is 105. The molecule has 14 atom stereocenters. The van der Waals surface area contributed by atoms with Gasteiger partial charge in [0.2, 0.25) is 88.6 Å². The Kier molecular flexibility index (Phi) is 38.4. The van der Waals surface area contributed by atoms with Crippen molar-refractivity contribution in [2.45, 2.75) is 223 Å². The fourth-order valence-corrected chi connectivity index (χ4v) is 17.5. The van der Waals surface area contributed by atoms with Gasteiger partial charge in [0.05, 0.1) is 24.8 Å². The molecule has 40 heteroatoms. The van der Waals surface area contributed by atoms with Gasteiger partial charge in [0, 0.05) is 95.6 Å². The number of likely N-dealkylation sites (N-methyl/N-ethyl adjacent to an activating group) is 3. The van der Waals surface area contributed by atoms with Crippen LogP contribution in [0.3, 0.4) is 0 Å². The third-order valence-corrected chi connectivity index (χ3v) is 25.0. The lowest BCUT2D eigenvalue weighted by atomic mass is 9.98. The Morgan fingerprint density at radius 2 is 1.12 bits per heavy atom. The van der Waals surface area contributed by atoms with Crippen molar-refractivity contribution in [1.82, 2.24) is 77.3 Å². The zero-order valence-corrected chi connectivity index (χ0v) is 77.3. The highest BCUT2D eigenvalue weighted by atomic mass is 32.2. The number of aromatic nitrogens is 1. The molecular weight excluding hydrogens is 1760 g/mol. The minimum atomic E-state index is -2.02. The molecule has 0 bridgehead atoms. The number of phenols is 1. The summed E-state index contributed by atoms with van der Waals surface area (Å²) in [5.74, 6) is -24.3. The Balaban J connectivity index is 1.14. The van der Waals surface area contributed by atoms with Crippen molar-refractivity contribution in [2.75, 3.05) is 58.8 Å². The molecular formula is C94H122F3N17O19S. The molecule has 6 aromatic rings. The van der Waals surface area contributed by atoms with Crippen molar-refractivity contribution >= 4 is 117 Å². The van der Waals surface area contributed by atoms with Crippen molar-refractivity contribution in [2.24, 2.45) is 23.3 Å². The van der Waals surface area contributed by atoms with Crippen LogP contribution in [-0.2, 0) is 109 Å². The number of nitrogens with zero attached hydrogens (tertiary/aromatic N) is 5. The number of thioether (sulfide) groups is 1. The Hall–Kier alpha value is -13.0. The van der Waals surface area contributed by atoms with E-state index in [9.17, 15) is 48.5 Å². The number of nitrogens with one attached hydrogen (secondary N) is 10. The van der Waals surface area contributed by atoms with Gasteiger partial charge < -0.3 is 104 Å². The van der Waals surface area contributed by atoms with Gasteiger partial charge in [-0.05, 0) is 122 Å². The van der Waals surface area contributed by atoms with E-state index in [-0.39, 0.29) is 95.0 Å². The summed E-state index contributed by atoms with van der Waals surface area (Å²) in [4.78, 5) is 246. The topological polar surface area (TPSA) is 526 Å². The third-order valence-electron chi connectivity index (χ3n) is 24.0. The number of phenolic OH excluding ortho intramolecular Hbond substituents is 1. The van der Waals surface area contributed by atoms with Gasteiger partial charge in [-0.15, -0.1) is 11.8 Å². The van der Waals surface area contributed by atoms with E-state index in [2.05, 4.69) is 52.8 Å². The number of aliphatic hydroxyl groups excluding tert-OH is 1. The van der Waals surface area contributed by atoms with Crippen molar-refractivity contribution in [1.29, 1.82) is 0 Å². The second kappa shape index (κ2) is 49.1. The number of rotatable bonds is 24. The summed E-state index contributed by atoms with van der Waals surface area (Å²) in [6.07, 6.45) is -2.68. The van der Waals surface area contributed by atoms with Gasteiger partial charge in [0.1, 0.15) is 84.3 Å². The fourth-order valence-electron chi connectivity index (χ4n) is 16.6. The number of carboxylic acid groups (broad SMARTS) is 1. The van der Waals surface area contributed by atoms with Gasteiger partial charge >= 0.3 is 5.97 Å². The summed E-state index contributed by atoms with van der Waals surface area (Å²) in [5.41, 5.74) is 14.5. The second-order valence-corrected chi connectivity index (χ2v) is 36.1. The number of fused-ring (bicyclic) bond motifs is 3. The highest BCUT2D eigenvalue weighted by Gasteiger charge is 2.48. The van der Waals surface area contributed by atoms with Gasteiger partial charge in [0.25, 0.3) is 0 Å². The number of hydrogen-bond donors (Lipinski definition) is 15. The molecule has 9 rings (SSSR count). The number of hydrogen-bond acceptors (Lipinski definition) is 20. The molecule has 724 valence electrons.